The number of nitrogens with zero attached hydrogens (tertiary/aromatic N) is 2. The molecule has 5 nitrogen and oxygen atoms in total. The van der Waals surface area contributed by atoms with Gasteiger partial charge >= 0.3 is 12.0 Å². The maximum atomic E-state index is 14.5. The maximum absolute atomic E-state index is 14.5. The summed E-state index contributed by atoms with van der Waals surface area (Å²) >= 11 is 0. The van der Waals surface area contributed by atoms with Crippen LogP contribution in [0.15, 0.2) is 54.6 Å². The van der Waals surface area contributed by atoms with Crippen molar-refractivity contribution in [3.8, 4) is 0 Å². The molecule has 0 spiro atoms. The van der Waals surface area contributed by atoms with Crippen LogP contribution in [-0.4, -0.2) is 49.6 Å². The van der Waals surface area contributed by atoms with E-state index in [2.05, 4.69) is 0 Å². The van der Waals surface area contributed by atoms with Gasteiger partial charge in [-0.15, -0.1) is 0 Å². The molecule has 0 aliphatic carbocycles. The molecule has 1 aliphatic rings. The van der Waals surface area contributed by atoms with E-state index in [1.807, 2.05) is 30.3 Å². The number of rotatable bonds is 5. The number of ether oxygens (including phenoxy) is 1. The zero-order chi connectivity index (χ0) is 21.9. The average molecular weight is 414 g/mol. The lowest BCUT2D eigenvalue weighted by atomic mass is 9.84. The molecule has 0 radical (unpaired) electrons. The van der Waals surface area contributed by atoms with E-state index in [1.165, 1.54) is 12.0 Å². The number of methoxy groups -OCH3 is 1. The molecule has 158 valence electrons. The van der Waals surface area contributed by atoms with Gasteiger partial charge in [-0.1, -0.05) is 30.3 Å². The van der Waals surface area contributed by atoms with E-state index in [1.54, 1.807) is 25.1 Å². The van der Waals surface area contributed by atoms with Crippen molar-refractivity contribution in [3.05, 3.63) is 77.4 Å². The van der Waals surface area contributed by atoms with Crippen LogP contribution in [0.1, 0.15) is 24.0 Å². The number of hydrogen-bond donors (Lipinski definition) is 0. The van der Waals surface area contributed by atoms with Gasteiger partial charge < -0.3 is 14.5 Å². The lowest BCUT2D eigenvalue weighted by Gasteiger charge is -2.39. The summed E-state index contributed by atoms with van der Waals surface area (Å²) < 4.78 is 33.2. The predicted octanol–water partition coefficient (Wildman–Crippen LogP) is 4.19. The van der Waals surface area contributed by atoms with Crippen LogP contribution < -0.4 is 0 Å². The highest BCUT2D eigenvalue weighted by molar-refractivity contribution is 5.83. The number of amides is 2. The lowest BCUT2D eigenvalue weighted by molar-refractivity contribution is -0.141. The summed E-state index contributed by atoms with van der Waals surface area (Å²) in [7, 11) is 4.55. The van der Waals surface area contributed by atoms with E-state index < -0.39 is 23.1 Å². The topological polar surface area (TPSA) is 49.9 Å². The minimum absolute atomic E-state index is 0.0536. The Hall–Kier alpha value is -3.22. The Labute approximate surface area is 174 Å². The van der Waals surface area contributed by atoms with Crippen molar-refractivity contribution in [1.29, 1.82) is 0 Å². The van der Waals surface area contributed by atoms with E-state index >= 15 is 0 Å². The summed E-state index contributed by atoms with van der Waals surface area (Å²) in [6.45, 7) is 0.0768. The minimum atomic E-state index is -1.01. The zero-order valence-electron chi connectivity index (χ0n) is 17.2. The fourth-order valence-corrected chi connectivity index (χ4v) is 3.82. The van der Waals surface area contributed by atoms with Crippen molar-refractivity contribution >= 4 is 17.6 Å². The first-order chi connectivity index (χ1) is 14.3. The van der Waals surface area contributed by atoms with Gasteiger partial charge in [-0.25, -0.2) is 13.6 Å². The molecule has 0 unspecified atom stereocenters. The molecule has 0 saturated carbocycles. The van der Waals surface area contributed by atoms with Crippen molar-refractivity contribution in [3.63, 3.8) is 0 Å². The fraction of sp³-hybridized carbons (Fsp3) is 0.304. The Morgan fingerprint density at radius 3 is 2.47 bits per heavy atom. The van der Waals surface area contributed by atoms with Crippen molar-refractivity contribution in [2.75, 3.05) is 27.7 Å². The van der Waals surface area contributed by atoms with Crippen LogP contribution in [0, 0.1) is 11.6 Å². The third-order valence-electron chi connectivity index (χ3n) is 5.32. The molecule has 0 fully saturated rings. The van der Waals surface area contributed by atoms with Crippen LogP contribution in [0.3, 0.4) is 0 Å². The molecule has 1 atom stereocenters. The monoisotopic (exact) mass is 414 g/mol. The van der Waals surface area contributed by atoms with Crippen LogP contribution in [0.5, 0.6) is 0 Å². The molecule has 1 aliphatic heterocycles. The Morgan fingerprint density at radius 2 is 1.83 bits per heavy atom. The number of carbonyl (C=O) groups excluding carboxylic acids is 2. The van der Waals surface area contributed by atoms with Crippen molar-refractivity contribution in [2.24, 2.45) is 0 Å². The normalized spacial score (nSPS) is 18.2. The first kappa shape index (κ1) is 21.5. The predicted molar refractivity (Wildman–Crippen MR) is 109 cm³/mol. The summed E-state index contributed by atoms with van der Waals surface area (Å²) in [5.74, 6) is -1.55. The molecular weight excluding hydrogens is 390 g/mol. The van der Waals surface area contributed by atoms with Crippen LogP contribution in [0.2, 0.25) is 0 Å². The molecule has 2 aromatic rings. The highest BCUT2D eigenvalue weighted by Crippen LogP contribution is 2.44. The first-order valence-electron chi connectivity index (χ1n) is 9.57. The molecule has 0 N–H and O–H groups in total. The SMILES string of the molecule is COC(=O)CC[C@@]1(c2ccccc2)C=C(c2cc(F)ccc2F)CN1C(=O)N(C)C. The van der Waals surface area contributed by atoms with Crippen molar-refractivity contribution in [2.45, 2.75) is 18.4 Å². The summed E-state index contributed by atoms with van der Waals surface area (Å²) in [5, 5.41) is 0. The standard InChI is InChI=1S/C23H24F2N2O3/c1-26(2)22(29)27-15-16(19-13-18(24)9-10-20(19)25)14-23(27,12-11-21(28)30-3)17-7-5-4-6-8-17/h4-10,13-14H,11-12,15H2,1-3H3/t23-/m0/s1. The molecule has 0 bridgehead atoms. The zero-order valence-corrected chi connectivity index (χ0v) is 17.2. The highest BCUT2D eigenvalue weighted by atomic mass is 19.1. The van der Waals surface area contributed by atoms with E-state index in [9.17, 15) is 18.4 Å². The van der Waals surface area contributed by atoms with E-state index in [0.29, 0.717) is 5.57 Å². The van der Waals surface area contributed by atoms with Gasteiger partial charge in [-0.05, 0) is 41.8 Å². The Balaban J connectivity index is 2.18. The highest BCUT2D eigenvalue weighted by Gasteiger charge is 2.45. The number of halogens is 2. The largest absolute Gasteiger partial charge is 0.469 e. The number of benzene rings is 2. The molecule has 2 amide bonds. The fourth-order valence-electron chi connectivity index (χ4n) is 3.82. The third-order valence-corrected chi connectivity index (χ3v) is 5.32. The molecule has 1 heterocycles. The van der Waals surface area contributed by atoms with Crippen LogP contribution in [-0.2, 0) is 15.1 Å². The lowest BCUT2D eigenvalue weighted by Crippen LogP contribution is -2.49. The van der Waals surface area contributed by atoms with Crippen LogP contribution >= 0.6 is 0 Å². The number of esters is 1. The molecule has 0 saturated heterocycles. The summed E-state index contributed by atoms with van der Waals surface area (Å²) in [6, 6.07) is 12.2. The number of carbonyl (C=O) groups is 2. The van der Waals surface area contributed by atoms with Gasteiger partial charge in [0, 0.05) is 32.6 Å². The summed E-state index contributed by atoms with van der Waals surface area (Å²) in [4.78, 5) is 28.1. The Kier molecular flexibility index (Phi) is 6.20. The summed E-state index contributed by atoms with van der Waals surface area (Å²) in [5.41, 5.74) is 0.347. The maximum Gasteiger partial charge on any atom is 0.320 e. The minimum Gasteiger partial charge on any atom is -0.469 e. The Morgan fingerprint density at radius 1 is 1.13 bits per heavy atom. The van der Waals surface area contributed by atoms with Gasteiger partial charge in [0.25, 0.3) is 0 Å². The van der Waals surface area contributed by atoms with Crippen LogP contribution in [0.25, 0.3) is 5.57 Å². The molecule has 3 rings (SSSR count). The van der Waals surface area contributed by atoms with Crippen LogP contribution in [0.4, 0.5) is 13.6 Å². The van der Waals surface area contributed by atoms with Gasteiger partial charge in [-0.3, -0.25) is 4.79 Å². The van der Waals surface area contributed by atoms with Gasteiger partial charge in [0.2, 0.25) is 0 Å². The second kappa shape index (κ2) is 8.65. The third kappa shape index (κ3) is 4.06. The van der Waals surface area contributed by atoms with Gasteiger partial charge in [0.05, 0.1) is 12.6 Å². The average Bonchev–Trinajstić information content (AvgIpc) is 3.14. The van der Waals surface area contributed by atoms with E-state index in [0.717, 1.165) is 23.8 Å². The van der Waals surface area contributed by atoms with Gasteiger partial charge in [0.1, 0.15) is 11.6 Å². The Bertz CT molecular complexity index is 976. The molecular formula is C23H24F2N2O3. The number of urea groups is 1. The molecule has 0 aromatic heterocycles. The van der Waals surface area contributed by atoms with E-state index in [-0.39, 0.29) is 31.0 Å². The van der Waals surface area contributed by atoms with E-state index in [4.69, 9.17) is 4.74 Å². The molecule has 2 aromatic carbocycles. The summed E-state index contributed by atoms with van der Waals surface area (Å²) in [6.07, 6.45) is 2.06. The van der Waals surface area contributed by atoms with Crippen molar-refractivity contribution < 1.29 is 23.1 Å². The second-order valence-electron chi connectivity index (χ2n) is 7.42. The number of hydrogen-bond acceptors (Lipinski definition) is 3. The quantitative estimate of drug-likeness (QED) is 0.690. The molecule has 7 heteroatoms. The smallest absolute Gasteiger partial charge is 0.320 e. The molecule has 30 heavy (non-hydrogen) atoms. The van der Waals surface area contributed by atoms with Crippen molar-refractivity contribution in [1.82, 2.24) is 9.80 Å². The van der Waals surface area contributed by atoms with Gasteiger partial charge in [-0.2, -0.15) is 0 Å². The van der Waals surface area contributed by atoms with Gasteiger partial charge in [0.15, 0.2) is 0 Å². The second-order valence-corrected chi connectivity index (χ2v) is 7.42. The first-order valence-corrected chi connectivity index (χ1v) is 9.57.